The van der Waals surface area contributed by atoms with E-state index in [1.165, 1.54) is 20.2 Å². The van der Waals surface area contributed by atoms with E-state index in [9.17, 15) is 0 Å². The molecule has 118 valence electrons. The summed E-state index contributed by atoms with van der Waals surface area (Å²) in [5, 5.41) is 3.06. The third kappa shape index (κ3) is 1.79. The molecule has 5 heteroatoms. The van der Waals surface area contributed by atoms with Crippen molar-refractivity contribution >= 4 is 121 Å². The molecule has 7 rings (SSSR count). The van der Waals surface area contributed by atoms with Crippen LogP contribution in [0.15, 0.2) is 48.5 Å². The Morgan fingerprint density at radius 2 is 0.920 bits per heavy atom. The first kappa shape index (κ1) is 14.5. The fraction of sp³-hybridized carbons (Fsp3) is 0. The van der Waals surface area contributed by atoms with Crippen molar-refractivity contribution in [1.29, 1.82) is 0 Å². The molecule has 0 fully saturated rings. The zero-order valence-electron chi connectivity index (χ0n) is 12.7. The molecule has 0 spiro atoms. The van der Waals surface area contributed by atoms with E-state index in [1.807, 2.05) is 22.7 Å². The van der Waals surface area contributed by atoms with Gasteiger partial charge in [-0.05, 0) is 0 Å². The van der Waals surface area contributed by atoms with E-state index >= 15 is 0 Å². The van der Waals surface area contributed by atoms with Gasteiger partial charge >= 0.3 is 170 Å². The molecule has 5 aromatic heterocycles. The van der Waals surface area contributed by atoms with Gasteiger partial charge in [-0.25, -0.2) is 0 Å². The van der Waals surface area contributed by atoms with Gasteiger partial charge in [0, 0.05) is 0 Å². The van der Waals surface area contributed by atoms with Crippen LogP contribution in [0, 0.1) is 0 Å². The Bertz CT molecular complexity index is 1480. The zero-order valence-corrected chi connectivity index (χ0v) is 19.4. The van der Waals surface area contributed by atoms with E-state index in [4.69, 9.17) is 0 Å². The molecule has 0 atom stereocenters. The normalized spacial score (nSPS) is 12.8. The number of hydrogen-bond donors (Lipinski definition) is 0. The van der Waals surface area contributed by atoms with Gasteiger partial charge in [0.1, 0.15) is 0 Å². The van der Waals surface area contributed by atoms with Gasteiger partial charge in [-0.2, -0.15) is 0 Å². The summed E-state index contributed by atoms with van der Waals surface area (Å²) in [5.74, 6) is 0. The molecule has 0 unspecified atom stereocenters. The number of thiophene rings is 2. The third-order valence-corrected chi connectivity index (χ3v) is 18.0. The van der Waals surface area contributed by atoms with E-state index in [1.54, 1.807) is 35.0 Å². The molecule has 25 heavy (non-hydrogen) atoms. The molecular formula is C20H8S2Se3. The Kier molecular flexibility index (Phi) is 2.90. The predicted octanol–water partition coefficient (Wildman–Crippen LogP) is 5.90. The summed E-state index contributed by atoms with van der Waals surface area (Å²) in [4.78, 5) is 0. The van der Waals surface area contributed by atoms with Gasteiger partial charge < -0.3 is 0 Å². The molecule has 0 N–H and O–H groups in total. The Hall–Kier alpha value is -0.602. The predicted molar refractivity (Wildman–Crippen MR) is 118 cm³/mol. The molecule has 5 heterocycles. The Morgan fingerprint density at radius 3 is 1.44 bits per heavy atom. The van der Waals surface area contributed by atoms with Crippen LogP contribution in [0.1, 0.15) is 0 Å². The zero-order chi connectivity index (χ0) is 16.1. The van der Waals surface area contributed by atoms with Crippen molar-refractivity contribution in [2.24, 2.45) is 0 Å². The summed E-state index contributed by atoms with van der Waals surface area (Å²) in [6.45, 7) is 0. The van der Waals surface area contributed by atoms with Crippen molar-refractivity contribution in [2.75, 3.05) is 0 Å². The minimum absolute atomic E-state index is 0.520. The van der Waals surface area contributed by atoms with E-state index < -0.39 is 0 Å². The molecule has 0 radical (unpaired) electrons. The molecule has 0 aliphatic heterocycles. The average Bonchev–Trinajstić information content (AvgIpc) is 3.38. The third-order valence-electron chi connectivity index (χ3n) is 4.74. The second-order valence-electron chi connectivity index (χ2n) is 6.14. The second kappa shape index (κ2) is 5.01. The molecule has 0 bridgehead atoms. The molecule has 0 aliphatic rings. The van der Waals surface area contributed by atoms with Crippen LogP contribution in [0.5, 0.6) is 0 Å². The van der Waals surface area contributed by atoms with Crippen LogP contribution in [0.3, 0.4) is 0 Å². The molecule has 0 saturated carbocycles. The fourth-order valence-electron chi connectivity index (χ4n) is 3.63. The first-order valence-electron chi connectivity index (χ1n) is 7.95. The summed E-state index contributed by atoms with van der Waals surface area (Å²) in [7, 11) is 0. The van der Waals surface area contributed by atoms with E-state index in [0.29, 0.717) is 43.5 Å². The second-order valence-corrected chi connectivity index (χ2v) is 14.7. The van der Waals surface area contributed by atoms with Crippen molar-refractivity contribution in [1.82, 2.24) is 0 Å². The van der Waals surface area contributed by atoms with Gasteiger partial charge in [-0.15, -0.1) is 0 Å². The van der Waals surface area contributed by atoms with E-state index in [-0.39, 0.29) is 0 Å². The molecule has 0 aliphatic carbocycles. The van der Waals surface area contributed by atoms with E-state index in [2.05, 4.69) is 48.5 Å². The van der Waals surface area contributed by atoms with Crippen molar-refractivity contribution in [3.05, 3.63) is 48.5 Å². The summed E-state index contributed by atoms with van der Waals surface area (Å²) >= 11 is 5.66. The maximum atomic E-state index is 2.33. The van der Waals surface area contributed by atoms with Crippen molar-refractivity contribution < 1.29 is 0 Å². The van der Waals surface area contributed by atoms with Gasteiger partial charge in [0.15, 0.2) is 0 Å². The summed E-state index contributed by atoms with van der Waals surface area (Å²) in [6, 6.07) is 18.0. The van der Waals surface area contributed by atoms with Gasteiger partial charge in [0.05, 0.1) is 0 Å². The molecule has 2 aromatic carbocycles. The number of benzene rings is 2. The topological polar surface area (TPSA) is 0 Å². The van der Waals surface area contributed by atoms with Gasteiger partial charge in [-0.3, -0.25) is 0 Å². The molecule has 7 aromatic rings. The van der Waals surface area contributed by atoms with Crippen LogP contribution in [0.2, 0.25) is 0 Å². The van der Waals surface area contributed by atoms with Crippen molar-refractivity contribution in [3.8, 4) is 0 Å². The Balaban J connectivity index is 1.70. The number of fused-ring (bicyclic) bond motifs is 11. The quantitative estimate of drug-likeness (QED) is 0.207. The van der Waals surface area contributed by atoms with Gasteiger partial charge in [-0.1, -0.05) is 0 Å². The van der Waals surface area contributed by atoms with Crippen LogP contribution < -0.4 is 0 Å². The van der Waals surface area contributed by atoms with Crippen LogP contribution in [0.25, 0.3) is 55.1 Å². The SMILES string of the molecule is c1ccc2c(c1)sc1c2[se]c2c1[se]c1c3sc4ccccc4c3[se]c12. The standard InChI is InChI=1S/C20H8S2Se3/c1-3-7-11-9(5-1)15-13(21-11)17-19(23-15)20-18(25-17)14-16(24-20)10-6-2-4-8-12(10)22-14/h1-8H. The summed E-state index contributed by atoms with van der Waals surface area (Å²) in [6.07, 6.45) is 0. The maximum absolute atomic E-state index is 2.33. The van der Waals surface area contributed by atoms with Crippen LogP contribution in [-0.2, 0) is 0 Å². The fourth-order valence-corrected chi connectivity index (χ4v) is 18.8. The van der Waals surface area contributed by atoms with Crippen molar-refractivity contribution in [3.63, 3.8) is 0 Å². The summed E-state index contributed by atoms with van der Waals surface area (Å²) in [5.41, 5.74) is 0. The first-order chi connectivity index (χ1) is 12.4. The Labute approximate surface area is 168 Å². The van der Waals surface area contributed by atoms with Gasteiger partial charge in [0.25, 0.3) is 0 Å². The average molecular weight is 549 g/mol. The van der Waals surface area contributed by atoms with E-state index in [0.717, 1.165) is 0 Å². The molecule has 0 saturated heterocycles. The first-order valence-corrected chi connectivity index (χ1v) is 14.7. The van der Waals surface area contributed by atoms with Crippen molar-refractivity contribution in [2.45, 2.75) is 0 Å². The monoisotopic (exact) mass is 552 g/mol. The van der Waals surface area contributed by atoms with Gasteiger partial charge in [0.2, 0.25) is 0 Å². The number of rotatable bonds is 0. The van der Waals surface area contributed by atoms with Crippen LogP contribution in [0.4, 0.5) is 0 Å². The van der Waals surface area contributed by atoms with Crippen LogP contribution >= 0.6 is 22.7 Å². The molecular weight excluding hydrogens is 541 g/mol. The summed E-state index contributed by atoms with van der Waals surface area (Å²) < 4.78 is 16.7. The minimum atomic E-state index is 0.520. The molecule has 0 nitrogen and oxygen atoms in total. The Morgan fingerprint density at radius 1 is 0.480 bits per heavy atom. The number of hydrogen-bond acceptors (Lipinski definition) is 2. The molecule has 0 amide bonds. The van der Waals surface area contributed by atoms with Crippen LogP contribution in [-0.4, -0.2) is 43.5 Å².